The fourth-order valence-corrected chi connectivity index (χ4v) is 1.69. The van der Waals surface area contributed by atoms with Crippen LogP contribution in [0.5, 0.6) is 0 Å². The number of hydrogen-bond acceptors (Lipinski definition) is 3. The second-order valence-corrected chi connectivity index (χ2v) is 3.94. The fraction of sp³-hybridized carbons (Fsp3) is 0.222. The monoisotopic (exact) mass is 213 g/mol. The molecule has 1 aromatic rings. The standard InChI is InChI=1S/C9H11NO3S/c1-6-3-4-8(10-7(2)11)5-9(6)14(12)13/h3-5,14H,1-2H3,(H,10,11). The van der Waals surface area contributed by atoms with Gasteiger partial charge in [-0.05, 0) is 24.6 Å². The van der Waals surface area contributed by atoms with Crippen molar-refractivity contribution in [1.29, 1.82) is 0 Å². The topological polar surface area (TPSA) is 63.2 Å². The molecule has 1 aromatic carbocycles. The van der Waals surface area contributed by atoms with Crippen LogP contribution < -0.4 is 5.32 Å². The molecular formula is C9H11NO3S. The Labute approximate surface area is 83.9 Å². The summed E-state index contributed by atoms with van der Waals surface area (Å²) in [4.78, 5) is 11.0. The minimum Gasteiger partial charge on any atom is -0.326 e. The number of hydrogen-bond donors (Lipinski definition) is 2. The first-order chi connectivity index (χ1) is 6.50. The zero-order valence-corrected chi connectivity index (χ0v) is 8.80. The molecule has 0 aliphatic carbocycles. The molecule has 0 bridgehead atoms. The third-order valence-corrected chi connectivity index (χ3v) is 2.60. The second-order valence-electron chi connectivity index (χ2n) is 2.94. The van der Waals surface area contributed by atoms with Crippen molar-refractivity contribution in [1.82, 2.24) is 0 Å². The quantitative estimate of drug-likeness (QED) is 0.718. The number of anilines is 1. The van der Waals surface area contributed by atoms with Gasteiger partial charge in [0.05, 0.1) is 4.90 Å². The van der Waals surface area contributed by atoms with Gasteiger partial charge in [0.25, 0.3) is 0 Å². The van der Waals surface area contributed by atoms with Crippen LogP contribution in [0.4, 0.5) is 5.69 Å². The summed E-state index contributed by atoms with van der Waals surface area (Å²) in [7, 11) is -2.61. The van der Waals surface area contributed by atoms with Gasteiger partial charge in [-0.15, -0.1) is 0 Å². The van der Waals surface area contributed by atoms with E-state index in [4.69, 9.17) is 0 Å². The molecule has 0 fully saturated rings. The van der Waals surface area contributed by atoms with Crippen molar-refractivity contribution in [2.45, 2.75) is 18.7 Å². The molecule has 1 rings (SSSR count). The van der Waals surface area contributed by atoms with E-state index in [2.05, 4.69) is 5.32 Å². The van der Waals surface area contributed by atoms with E-state index < -0.39 is 10.7 Å². The molecule has 0 spiro atoms. The first-order valence-corrected chi connectivity index (χ1v) is 5.21. The smallest absolute Gasteiger partial charge is 0.221 e. The Kier molecular flexibility index (Phi) is 3.24. The number of aryl methyl sites for hydroxylation is 1. The lowest BCUT2D eigenvalue weighted by molar-refractivity contribution is -0.114. The molecule has 0 radical (unpaired) electrons. The lowest BCUT2D eigenvalue weighted by Gasteiger charge is -2.04. The van der Waals surface area contributed by atoms with Crippen molar-refractivity contribution in [3.63, 3.8) is 0 Å². The summed E-state index contributed by atoms with van der Waals surface area (Å²) in [5.41, 5.74) is 1.17. The van der Waals surface area contributed by atoms with Gasteiger partial charge in [0, 0.05) is 12.6 Å². The maximum absolute atomic E-state index is 10.8. The third-order valence-electron chi connectivity index (χ3n) is 1.73. The predicted octanol–water partition coefficient (Wildman–Crippen LogP) is 0.924. The van der Waals surface area contributed by atoms with Crippen LogP contribution in [0.25, 0.3) is 0 Å². The summed E-state index contributed by atoms with van der Waals surface area (Å²) < 4.78 is 21.6. The molecule has 0 aliphatic heterocycles. The third kappa shape index (κ3) is 2.56. The summed E-state index contributed by atoms with van der Waals surface area (Å²) >= 11 is 0. The van der Waals surface area contributed by atoms with Crippen LogP contribution >= 0.6 is 0 Å². The second kappa shape index (κ2) is 4.23. The summed E-state index contributed by atoms with van der Waals surface area (Å²) in [6.07, 6.45) is 0. The van der Waals surface area contributed by atoms with Gasteiger partial charge >= 0.3 is 0 Å². The van der Waals surface area contributed by atoms with E-state index >= 15 is 0 Å². The highest BCUT2D eigenvalue weighted by atomic mass is 32.2. The molecular weight excluding hydrogens is 202 g/mol. The molecule has 0 saturated carbocycles. The van der Waals surface area contributed by atoms with Gasteiger partial charge in [-0.3, -0.25) is 4.79 Å². The van der Waals surface area contributed by atoms with E-state index in [1.165, 1.54) is 13.0 Å². The normalized spacial score (nSPS) is 10.2. The van der Waals surface area contributed by atoms with Crippen LogP contribution in [0.1, 0.15) is 12.5 Å². The summed E-state index contributed by atoms with van der Waals surface area (Å²) in [5.74, 6) is -0.221. The molecule has 0 unspecified atom stereocenters. The molecule has 5 heteroatoms. The Morgan fingerprint density at radius 1 is 1.36 bits per heavy atom. The van der Waals surface area contributed by atoms with E-state index in [-0.39, 0.29) is 10.8 Å². The maximum Gasteiger partial charge on any atom is 0.221 e. The molecule has 1 amide bonds. The number of nitrogens with one attached hydrogen (secondary N) is 1. The van der Waals surface area contributed by atoms with Gasteiger partial charge in [0.1, 0.15) is 0 Å². The van der Waals surface area contributed by atoms with E-state index in [0.717, 1.165) is 0 Å². The molecule has 4 nitrogen and oxygen atoms in total. The molecule has 1 N–H and O–H groups in total. The van der Waals surface area contributed by atoms with Gasteiger partial charge in [0.2, 0.25) is 5.91 Å². The van der Waals surface area contributed by atoms with Crippen molar-refractivity contribution >= 4 is 22.3 Å². The number of amides is 1. The van der Waals surface area contributed by atoms with Gasteiger partial charge in [-0.1, -0.05) is 6.07 Å². The summed E-state index contributed by atoms with van der Waals surface area (Å²) in [6.45, 7) is 3.08. The Bertz CT molecular complexity index is 430. The predicted molar refractivity (Wildman–Crippen MR) is 54.1 cm³/mol. The Balaban J connectivity index is 3.12. The average Bonchev–Trinajstić information content (AvgIpc) is 2.07. The van der Waals surface area contributed by atoms with Gasteiger partial charge in [0.15, 0.2) is 10.7 Å². The summed E-state index contributed by atoms with van der Waals surface area (Å²) in [5, 5.41) is 2.52. The van der Waals surface area contributed by atoms with Crippen molar-refractivity contribution in [3.8, 4) is 0 Å². The van der Waals surface area contributed by atoms with Crippen LogP contribution in [0.2, 0.25) is 0 Å². The summed E-state index contributed by atoms with van der Waals surface area (Å²) in [6, 6.07) is 4.77. The van der Waals surface area contributed by atoms with Gasteiger partial charge in [-0.2, -0.15) is 0 Å². The SMILES string of the molecule is CC(=O)Nc1ccc(C)c([SH](=O)=O)c1. The highest BCUT2D eigenvalue weighted by Gasteiger charge is 2.03. The highest BCUT2D eigenvalue weighted by Crippen LogP contribution is 2.16. The zero-order chi connectivity index (χ0) is 10.7. The molecule has 0 aromatic heterocycles. The number of rotatable bonds is 2. The highest BCUT2D eigenvalue weighted by molar-refractivity contribution is 7.72. The van der Waals surface area contributed by atoms with E-state index in [9.17, 15) is 13.2 Å². The molecule has 0 heterocycles. The van der Waals surface area contributed by atoms with Gasteiger partial charge in [-0.25, -0.2) is 8.42 Å². The largest absolute Gasteiger partial charge is 0.326 e. The van der Waals surface area contributed by atoms with Crippen LogP contribution in [-0.2, 0) is 15.5 Å². The fourth-order valence-electron chi connectivity index (χ4n) is 1.09. The van der Waals surface area contributed by atoms with Crippen molar-refractivity contribution < 1.29 is 13.2 Å². The van der Waals surface area contributed by atoms with Crippen LogP contribution in [0.3, 0.4) is 0 Å². The lowest BCUT2D eigenvalue weighted by Crippen LogP contribution is -2.06. The molecule has 0 saturated heterocycles. The molecule has 0 aliphatic rings. The number of thiol groups is 1. The molecule has 14 heavy (non-hydrogen) atoms. The van der Waals surface area contributed by atoms with Crippen molar-refractivity contribution in [3.05, 3.63) is 23.8 Å². The van der Waals surface area contributed by atoms with Gasteiger partial charge < -0.3 is 5.32 Å². The van der Waals surface area contributed by atoms with Crippen LogP contribution in [-0.4, -0.2) is 14.3 Å². The number of benzene rings is 1. The Hall–Kier alpha value is -1.36. The lowest BCUT2D eigenvalue weighted by atomic mass is 10.2. The average molecular weight is 213 g/mol. The van der Waals surface area contributed by atoms with E-state index in [0.29, 0.717) is 11.3 Å². The minimum absolute atomic E-state index is 0.221. The Morgan fingerprint density at radius 3 is 2.50 bits per heavy atom. The molecule has 76 valence electrons. The minimum atomic E-state index is -2.61. The van der Waals surface area contributed by atoms with E-state index in [1.807, 2.05) is 0 Å². The number of carbonyl (C=O) groups is 1. The Morgan fingerprint density at radius 2 is 2.00 bits per heavy atom. The first kappa shape index (κ1) is 10.7. The number of carbonyl (C=O) groups excluding carboxylic acids is 1. The first-order valence-electron chi connectivity index (χ1n) is 4.03. The van der Waals surface area contributed by atoms with Crippen LogP contribution in [0, 0.1) is 6.92 Å². The zero-order valence-electron chi connectivity index (χ0n) is 7.90. The molecule has 0 atom stereocenters. The van der Waals surface area contributed by atoms with Crippen LogP contribution in [0.15, 0.2) is 23.1 Å². The maximum atomic E-state index is 10.8. The van der Waals surface area contributed by atoms with E-state index in [1.54, 1.807) is 19.1 Å². The van der Waals surface area contributed by atoms with Crippen molar-refractivity contribution in [2.24, 2.45) is 0 Å². The van der Waals surface area contributed by atoms with Crippen molar-refractivity contribution in [2.75, 3.05) is 5.32 Å².